The first-order valence-corrected chi connectivity index (χ1v) is 9.43. The highest BCUT2D eigenvalue weighted by molar-refractivity contribution is 5.78. The van der Waals surface area contributed by atoms with Crippen LogP contribution in [0.2, 0.25) is 0 Å². The molecule has 0 radical (unpaired) electrons. The van der Waals surface area contributed by atoms with Crippen LogP contribution in [-0.4, -0.2) is 41.2 Å². The minimum atomic E-state index is -0.280. The number of allylic oxidation sites excluding steroid dienone is 2. The van der Waals surface area contributed by atoms with E-state index in [-0.39, 0.29) is 17.6 Å². The average molecular weight is 370 g/mol. The van der Waals surface area contributed by atoms with Crippen LogP contribution >= 0.6 is 0 Å². The van der Waals surface area contributed by atoms with E-state index < -0.39 is 0 Å². The number of amides is 1. The third-order valence-electron chi connectivity index (χ3n) is 4.75. The zero-order valence-electron chi connectivity index (χ0n) is 16.0. The smallest absolute Gasteiger partial charge is 0.223 e. The van der Waals surface area contributed by atoms with Gasteiger partial charge in [-0.05, 0) is 51.6 Å². The van der Waals surface area contributed by atoms with E-state index in [9.17, 15) is 9.18 Å². The van der Waals surface area contributed by atoms with Crippen molar-refractivity contribution >= 4 is 5.91 Å². The Morgan fingerprint density at radius 1 is 1.33 bits per heavy atom. The topological polar surface area (TPSA) is 50.2 Å². The van der Waals surface area contributed by atoms with E-state index in [0.717, 1.165) is 25.0 Å². The van der Waals surface area contributed by atoms with Gasteiger partial charge in [0.05, 0.1) is 17.9 Å². The molecule has 1 aliphatic carbocycles. The molecule has 1 aromatic carbocycles. The van der Waals surface area contributed by atoms with Gasteiger partial charge in [-0.1, -0.05) is 24.3 Å². The summed E-state index contributed by atoms with van der Waals surface area (Å²) in [4.78, 5) is 14.3. The van der Waals surface area contributed by atoms with Crippen LogP contribution in [0.5, 0.6) is 0 Å². The fourth-order valence-electron chi connectivity index (χ4n) is 3.36. The molecule has 1 atom stereocenters. The monoisotopic (exact) mass is 370 g/mol. The van der Waals surface area contributed by atoms with Crippen molar-refractivity contribution in [1.82, 2.24) is 20.0 Å². The lowest BCUT2D eigenvalue weighted by molar-refractivity contribution is -0.125. The number of aromatic nitrogens is 2. The van der Waals surface area contributed by atoms with E-state index in [1.807, 2.05) is 35.8 Å². The minimum absolute atomic E-state index is 0.0721. The number of rotatable bonds is 7. The summed E-state index contributed by atoms with van der Waals surface area (Å²) in [6, 6.07) is 8.58. The Bertz CT molecular complexity index is 812. The predicted octanol–water partition coefficient (Wildman–Crippen LogP) is 3.22. The van der Waals surface area contributed by atoms with Crippen molar-refractivity contribution < 1.29 is 9.18 Å². The Hall–Kier alpha value is -2.47. The molecule has 0 saturated carbocycles. The number of hydrogen-bond acceptors (Lipinski definition) is 3. The van der Waals surface area contributed by atoms with Crippen molar-refractivity contribution in [2.75, 3.05) is 20.6 Å². The van der Waals surface area contributed by atoms with Crippen LogP contribution in [0.4, 0.5) is 4.39 Å². The third-order valence-corrected chi connectivity index (χ3v) is 4.75. The minimum Gasteiger partial charge on any atom is -0.354 e. The molecule has 27 heavy (non-hydrogen) atoms. The molecule has 1 N–H and O–H groups in total. The van der Waals surface area contributed by atoms with Gasteiger partial charge in [0, 0.05) is 24.6 Å². The van der Waals surface area contributed by atoms with Gasteiger partial charge in [0.15, 0.2) is 0 Å². The van der Waals surface area contributed by atoms with Crippen molar-refractivity contribution in [3.63, 3.8) is 0 Å². The van der Waals surface area contributed by atoms with E-state index in [1.54, 1.807) is 12.1 Å². The van der Waals surface area contributed by atoms with E-state index in [0.29, 0.717) is 30.9 Å². The van der Waals surface area contributed by atoms with Crippen molar-refractivity contribution in [3.8, 4) is 11.3 Å². The van der Waals surface area contributed by atoms with Crippen molar-refractivity contribution in [1.29, 1.82) is 0 Å². The van der Waals surface area contributed by atoms with Gasteiger partial charge in [0.2, 0.25) is 5.91 Å². The highest BCUT2D eigenvalue weighted by atomic mass is 19.1. The number of benzene rings is 1. The average Bonchev–Trinajstić information content (AvgIpc) is 3.04. The van der Waals surface area contributed by atoms with Gasteiger partial charge in [0.1, 0.15) is 5.82 Å². The van der Waals surface area contributed by atoms with Crippen molar-refractivity contribution in [3.05, 3.63) is 54.0 Å². The fourth-order valence-corrected chi connectivity index (χ4v) is 3.36. The maximum Gasteiger partial charge on any atom is 0.223 e. The lowest BCUT2D eigenvalue weighted by Gasteiger charge is -2.17. The zero-order valence-corrected chi connectivity index (χ0v) is 16.0. The summed E-state index contributed by atoms with van der Waals surface area (Å²) in [7, 11) is 3.97. The van der Waals surface area contributed by atoms with E-state index in [4.69, 9.17) is 0 Å². The first kappa shape index (κ1) is 19.3. The van der Waals surface area contributed by atoms with Gasteiger partial charge in [-0.25, -0.2) is 4.39 Å². The van der Waals surface area contributed by atoms with Crippen LogP contribution in [0.25, 0.3) is 11.3 Å². The molecule has 0 aliphatic heterocycles. The highest BCUT2D eigenvalue weighted by Crippen LogP contribution is 2.23. The summed E-state index contributed by atoms with van der Waals surface area (Å²) in [6.45, 7) is 1.77. The summed E-state index contributed by atoms with van der Waals surface area (Å²) >= 11 is 0. The van der Waals surface area contributed by atoms with Gasteiger partial charge in [-0.3, -0.25) is 9.48 Å². The molecule has 2 aromatic rings. The normalized spacial score (nSPS) is 16.7. The number of nitrogens with zero attached hydrogens (tertiary/aromatic N) is 3. The Kier molecular flexibility index (Phi) is 6.40. The van der Waals surface area contributed by atoms with Gasteiger partial charge < -0.3 is 10.2 Å². The molecule has 3 rings (SSSR count). The van der Waals surface area contributed by atoms with Crippen LogP contribution in [0.1, 0.15) is 25.0 Å². The first-order valence-electron chi connectivity index (χ1n) is 9.43. The lowest BCUT2D eigenvalue weighted by Crippen LogP contribution is -2.34. The molecule has 1 aromatic heterocycles. The number of carbonyl (C=O) groups is 1. The number of carbonyl (C=O) groups excluding carboxylic acids is 1. The second-order valence-electron chi connectivity index (χ2n) is 7.23. The summed E-state index contributed by atoms with van der Waals surface area (Å²) in [6.07, 6.45) is 6.91. The molecule has 0 saturated heterocycles. The van der Waals surface area contributed by atoms with Gasteiger partial charge in [-0.15, -0.1) is 0 Å². The largest absolute Gasteiger partial charge is 0.354 e. The molecule has 6 heteroatoms. The predicted molar refractivity (Wildman–Crippen MR) is 105 cm³/mol. The number of nitrogens with one attached hydrogen (secondary N) is 1. The van der Waals surface area contributed by atoms with Gasteiger partial charge in [0.25, 0.3) is 0 Å². The summed E-state index contributed by atoms with van der Waals surface area (Å²) in [5.41, 5.74) is 2.11. The molecule has 0 fully saturated rings. The SMILES string of the molecule is CN(C)Cc1cc(-c2ccccc2F)nn1CCNC(=O)C1CC=CCC1. The first-order chi connectivity index (χ1) is 13.0. The third kappa shape index (κ3) is 5.04. The molecule has 1 aliphatic rings. The fraction of sp³-hybridized carbons (Fsp3) is 0.429. The Labute approximate surface area is 159 Å². The second kappa shape index (κ2) is 8.95. The van der Waals surface area contributed by atoms with Crippen LogP contribution in [0, 0.1) is 11.7 Å². The molecule has 1 unspecified atom stereocenters. The van der Waals surface area contributed by atoms with Crippen LogP contribution in [-0.2, 0) is 17.9 Å². The summed E-state index contributed by atoms with van der Waals surface area (Å²) in [5.74, 6) is -0.102. The summed E-state index contributed by atoms with van der Waals surface area (Å²) in [5, 5.41) is 7.61. The molecule has 144 valence electrons. The van der Waals surface area contributed by atoms with E-state index in [1.165, 1.54) is 6.07 Å². The van der Waals surface area contributed by atoms with E-state index in [2.05, 4.69) is 22.6 Å². The number of hydrogen-bond donors (Lipinski definition) is 1. The zero-order chi connectivity index (χ0) is 19.2. The number of halogens is 1. The van der Waals surface area contributed by atoms with Crippen LogP contribution in [0.15, 0.2) is 42.5 Å². The quantitative estimate of drug-likeness (QED) is 0.762. The Morgan fingerprint density at radius 3 is 2.85 bits per heavy atom. The molecule has 0 spiro atoms. The molecule has 0 bridgehead atoms. The molecule has 1 heterocycles. The molecule has 5 nitrogen and oxygen atoms in total. The maximum absolute atomic E-state index is 14.1. The Morgan fingerprint density at radius 2 is 2.15 bits per heavy atom. The van der Waals surface area contributed by atoms with Gasteiger partial charge in [-0.2, -0.15) is 5.10 Å². The van der Waals surface area contributed by atoms with Crippen LogP contribution in [0.3, 0.4) is 0 Å². The molecular weight excluding hydrogens is 343 g/mol. The molecule has 1 amide bonds. The van der Waals surface area contributed by atoms with Crippen molar-refractivity contribution in [2.24, 2.45) is 5.92 Å². The van der Waals surface area contributed by atoms with Gasteiger partial charge >= 0.3 is 0 Å². The van der Waals surface area contributed by atoms with E-state index >= 15 is 0 Å². The second-order valence-corrected chi connectivity index (χ2v) is 7.23. The van der Waals surface area contributed by atoms with Crippen LogP contribution < -0.4 is 5.32 Å². The highest BCUT2D eigenvalue weighted by Gasteiger charge is 2.18. The standard InChI is InChI=1S/C21H27FN4O/c1-25(2)15-17-14-20(18-10-6-7-11-19(18)22)24-26(17)13-12-23-21(27)16-8-4-3-5-9-16/h3-4,6-7,10-11,14,16H,5,8-9,12-13,15H2,1-2H3,(H,23,27). The maximum atomic E-state index is 14.1. The summed E-state index contributed by atoms with van der Waals surface area (Å²) < 4.78 is 16.0. The Balaban J connectivity index is 1.69. The lowest BCUT2D eigenvalue weighted by atomic mass is 9.94. The molecular formula is C21H27FN4O. The van der Waals surface area contributed by atoms with Crippen molar-refractivity contribution in [2.45, 2.75) is 32.4 Å².